The lowest BCUT2D eigenvalue weighted by molar-refractivity contribution is 0.0313. The van der Waals surface area contributed by atoms with Crippen molar-refractivity contribution in [3.05, 3.63) is 86.7 Å². The van der Waals surface area contributed by atoms with E-state index < -0.39 is 12.1 Å². The number of para-hydroxylation sites is 2. The quantitative estimate of drug-likeness (QED) is 0.546. The van der Waals surface area contributed by atoms with E-state index in [0.29, 0.717) is 21.8 Å². The molecular formula is C20H15N3O4. The van der Waals surface area contributed by atoms with Crippen LogP contribution in [0.4, 0.5) is 0 Å². The summed E-state index contributed by atoms with van der Waals surface area (Å²) in [6.07, 6.45) is -0.801. The SMILES string of the molecule is C[C@H](OC(=O)c1cc(=O)c2ccccc2[nH]1)c1nc2ccccc2c(=O)[nH]1. The average Bonchev–Trinajstić information content (AvgIpc) is 2.68. The maximum absolute atomic E-state index is 12.5. The number of aromatic nitrogens is 3. The second kappa shape index (κ2) is 6.53. The van der Waals surface area contributed by atoms with E-state index in [1.165, 1.54) is 6.07 Å². The molecule has 0 amide bonds. The van der Waals surface area contributed by atoms with Crippen LogP contribution in [0.15, 0.2) is 64.2 Å². The molecule has 2 aromatic carbocycles. The van der Waals surface area contributed by atoms with E-state index in [4.69, 9.17) is 4.74 Å². The van der Waals surface area contributed by atoms with E-state index in [9.17, 15) is 14.4 Å². The average molecular weight is 361 g/mol. The summed E-state index contributed by atoms with van der Waals surface area (Å²) in [5.41, 5.74) is 0.507. The first-order chi connectivity index (χ1) is 13.0. The van der Waals surface area contributed by atoms with Crippen LogP contribution in [0.5, 0.6) is 0 Å². The van der Waals surface area contributed by atoms with Crippen molar-refractivity contribution in [2.75, 3.05) is 0 Å². The molecule has 0 aliphatic rings. The maximum Gasteiger partial charge on any atom is 0.355 e. The molecule has 7 nitrogen and oxygen atoms in total. The first-order valence-electron chi connectivity index (χ1n) is 8.35. The van der Waals surface area contributed by atoms with Gasteiger partial charge in [-0.25, -0.2) is 9.78 Å². The van der Waals surface area contributed by atoms with E-state index in [-0.39, 0.29) is 22.5 Å². The van der Waals surface area contributed by atoms with Gasteiger partial charge in [0.25, 0.3) is 5.56 Å². The maximum atomic E-state index is 12.5. The topological polar surface area (TPSA) is 105 Å². The zero-order valence-electron chi connectivity index (χ0n) is 14.4. The summed E-state index contributed by atoms with van der Waals surface area (Å²) in [4.78, 5) is 46.7. The van der Waals surface area contributed by atoms with Crippen LogP contribution in [0.1, 0.15) is 29.3 Å². The number of hydrogen-bond acceptors (Lipinski definition) is 5. The molecule has 27 heavy (non-hydrogen) atoms. The molecule has 0 aliphatic heterocycles. The minimum Gasteiger partial charge on any atom is -0.450 e. The van der Waals surface area contributed by atoms with Crippen LogP contribution in [0.2, 0.25) is 0 Å². The van der Waals surface area contributed by atoms with Crippen LogP contribution in [0.25, 0.3) is 21.8 Å². The van der Waals surface area contributed by atoms with Crippen molar-refractivity contribution < 1.29 is 9.53 Å². The van der Waals surface area contributed by atoms with Gasteiger partial charge in [-0.05, 0) is 31.2 Å². The summed E-state index contributed by atoms with van der Waals surface area (Å²) in [6.45, 7) is 1.60. The Morgan fingerprint density at radius 2 is 1.70 bits per heavy atom. The van der Waals surface area contributed by atoms with E-state index in [1.807, 2.05) is 0 Å². The molecule has 0 aliphatic carbocycles. The van der Waals surface area contributed by atoms with Gasteiger partial charge in [0.2, 0.25) is 0 Å². The Kier molecular flexibility index (Phi) is 4.04. The Labute approximate surface area is 152 Å². The number of carbonyl (C=O) groups is 1. The normalized spacial score (nSPS) is 12.2. The van der Waals surface area contributed by atoms with Gasteiger partial charge in [-0.3, -0.25) is 9.59 Å². The number of nitrogens with zero attached hydrogens (tertiary/aromatic N) is 1. The van der Waals surface area contributed by atoms with Gasteiger partial charge in [0.1, 0.15) is 5.69 Å². The van der Waals surface area contributed by atoms with Gasteiger partial charge >= 0.3 is 5.97 Å². The zero-order valence-corrected chi connectivity index (χ0v) is 14.4. The number of hydrogen-bond donors (Lipinski definition) is 2. The van der Waals surface area contributed by atoms with Gasteiger partial charge in [0, 0.05) is 17.0 Å². The number of H-pyrrole nitrogens is 2. The van der Waals surface area contributed by atoms with Gasteiger partial charge in [0.15, 0.2) is 17.4 Å². The van der Waals surface area contributed by atoms with E-state index >= 15 is 0 Å². The molecule has 0 radical (unpaired) electrons. The highest BCUT2D eigenvalue weighted by Crippen LogP contribution is 2.16. The van der Waals surface area contributed by atoms with Gasteiger partial charge in [-0.1, -0.05) is 24.3 Å². The van der Waals surface area contributed by atoms with E-state index in [1.54, 1.807) is 55.5 Å². The number of esters is 1. The molecule has 0 bridgehead atoms. The fourth-order valence-corrected chi connectivity index (χ4v) is 2.88. The van der Waals surface area contributed by atoms with Gasteiger partial charge in [-0.15, -0.1) is 0 Å². The summed E-state index contributed by atoms with van der Waals surface area (Å²) in [5.74, 6) is -0.476. The number of fused-ring (bicyclic) bond motifs is 2. The number of aromatic amines is 2. The highest BCUT2D eigenvalue weighted by atomic mass is 16.5. The van der Waals surface area contributed by atoms with Gasteiger partial charge in [0.05, 0.1) is 10.9 Å². The van der Waals surface area contributed by atoms with Crippen molar-refractivity contribution in [1.29, 1.82) is 0 Å². The van der Waals surface area contributed by atoms with Crippen molar-refractivity contribution in [1.82, 2.24) is 15.0 Å². The Morgan fingerprint density at radius 1 is 1.00 bits per heavy atom. The molecule has 4 rings (SSSR count). The molecule has 0 saturated carbocycles. The number of rotatable bonds is 3. The van der Waals surface area contributed by atoms with Crippen molar-refractivity contribution in [2.45, 2.75) is 13.0 Å². The molecule has 0 unspecified atom stereocenters. The lowest BCUT2D eigenvalue weighted by Crippen LogP contribution is -2.19. The van der Waals surface area contributed by atoms with Crippen molar-refractivity contribution in [3.8, 4) is 0 Å². The summed E-state index contributed by atoms with van der Waals surface area (Å²) < 4.78 is 5.39. The molecule has 1 atom stereocenters. The molecule has 0 spiro atoms. The molecule has 7 heteroatoms. The molecule has 0 fully saturated rings. The van der Waals surface area contributed by atoms with Crippen LogP contribution >= 0.6 is 0 Å². The minimum absolute atomic E-state index is 0.0358. The van der Waals surface area contributed by atoms with E-state index in [0.717, 1.165) is 0 Å². The van der Waals surface area contributed by atoms with Gasteiger partial charge < -0.3 is 14.7 Å². The fraction of sp³-hybridized carbons (Fsp3) is 0.100. The highest BCUT2D eigenvalue weighted by molar-refractivity contribution is 5.91. The van der Waals surface area contributed by atoms with Crippen LogP contribution in [-0.4, -0.2) is 20.9 Å². The number of carbonyl (C=O) groups excluding carboxylic acids is 1. The van der Waals surface area contributed by atoms with Gasteiger partial charge in [-0.2, -0.15) is 0 Å². The third kappa shape index (κ3) is 3.10. The number of nitrogens with one attached hydrogen (secondary N) is 2. The van der Waals surface area contributed by atoms with Crippen LogP contribution in [0, 0.1) is 0 Å². The largest absolute Gasteiger partial charge is 0.450 e. The molecule has 2 heterocycles. The standard InChI is InChI=1S/C20H15N3O4/c1-11(18-22-15-9-5-3-7-13(15)19(25)23-18)27-20(26)16-10-17(24)12-6-2-4-8-14(12)21-16/h2-11H,1H3,(H,21,24)(H,22,23,25)/t11-/m0/s1. The Balaban J connectivity index is 1.65. The summed E-state index contributed by atoms with van der Waals surface area (Å²) in [6, 6.07) is 15.0. The predicted molar refractivity (Wildman–Crippen MR) is 101 cm³/mol. The van der Waals surface area contributed by atoms with Crippen molar-refractivity contribution in [2.24, 2.45) is 0 Å². The van der Waals surface area contributed by atoms with E-state index in [2.05, 4.69) is 15.0 Å². The molecule has 134 valence electrons. The van der Waals surface area contributed by atoms with Crippen LogP contribution in [-0.2, 0) is 4.74 Å². The third-order valence-corrected chi connectivity index (χ3v) is 4.26. The molecule has 2 aromatic heterocycles. The molecule has 2 N–H and O–H groups in total. The van der Waals surface area contributed by atoms with Crippen molar-refractivity contribution >= 4 is 27.8 Å². The van der Waals surface area contributed by atoms with Crippen LogP contribution < -0.4 is 11.0 Å². The zero-order chi connectivity index (χ0) is 19.0. The Morgan fingerprint density at radius 3 is 2.52 bits per heavy atom. The third-order valence-electron chi connectivity index (χ3n) is 4.26. The van der Waals surface area contributed by atoms with Crippen molar-refractivity contribution in [3.63, 3.8) is 0 Å². The lowest BCUT2D eigenvalue weighted by atomic mass is 10.2. The van der Waals surface area contributed by atoms with Crippen LogP contribution in [0.3, 0.4) is 0 Å². The number of ether oxygens (including phenoxy) is 1. The predicted octanol–water partition coefficient (Wildman–Crippen LogP) is 2.68. The minimum atomic E-state index is -0.801. The number of pyridine rings is 1. The molecule has 0 saturated heterocycles. The summed E-state index contributed by atoms with van der Waals surface area (Å²) in [7, 11) is 0. The molecular weight excluding hydrogens is 346 g/mol. The summed E-state index contributed by atoms with van der Waals surface area (Å²) >= 11 is 0. The summed E-state index contributed by atoms with van der Waals surface area (Å²) in [5, 5.41) is 0.946. The second-order valence-electron chi connectivity index (χ2n) is 6.11. The fourth-order valence-electron chi connectivity index (χ4n) is 2.88. The Bertz CT molecular complexity index is 1290. The number of benzene rings is 2. The second-order valence-corrected chi connectivity index (χ2v) is 6.11. The first kappa shape index (κ1) is 16.7. The monoisotopic (exact) mass is 361 g/mol. The molecule has 4 aromatic rings. The lowest BCUT2D eigenvalue weighted by Gasteiger charge is -2.13. The highest BCUT2D eigenvalue weighted by Gasteiger charge is 2.18. The Hall–Kier alpha value is -3.74. The smallest absolute Gasteiger partial charge is 0.355 e. The first-order valence-corrected chi connectivity index (χ1v) is 8.35.